The summed E-state index contributed by atoms with van der Waals surface area (Å²) in [6.45, 7) is 1.44. The summed E-state index contributed by atoms with van der Waals surface area (Å²) in [6.07, 6.45) is 0.851. The first-order chi connectivity index (χ1) is 11.2. The quantitative estimate of drug-likeness (QED) is 0.675. The van der Waals surface area contributed by atoms with E-state index in [9.17, 15) is 4.39 Å². The van der Waals surface area contributed by atoms with E-state index in [0.29, 0.717) is 24.5 Å². The van der Waals surface area contributed by atoms with Gasteiger partial charge in [0.15, 0.2) is 17.5 Å². The summed E-state index contributed by atoms with van der Waals surface area (Å²) in [4.78, 5) is 4.15. The monoisotopic (exact) mass is 315 g/mol. The Hall–Kier alpha value is -2.76. The number of nitrogens with one attached hydrogen (secondary N) is 1. The van der Waals surface area contributed by atoms with Gasteiger partial charge < -0.3 is 20.5 Å². The standard InChI is InChI=1S/C17H18FN3O2/c18-14-5-2-1-4-12(14)11-20-17(19)21-13-6-7-15-16(10-13)23-9-3-8-22-15/h1-2,4-7,10H,3,8-9,11H2,(H3,19,20,21). The number of hydrogen-bond donors (Lipinski definition) is 2. The first-order valence-corrected chi connectivity index (χ1v) is 7.42. The van der Waals surface area contributed by atoms with Crippen molar-refractivity contribution >= 4 is 11.6 Å². The van der Waals surface area contributed by atoms with Gasteiger partial charge in [-0.05, 0) is 18.2 Å². The van der Waals surface area contributed by atoms with E-state index in [1.54, 1.807) is 18.2 Å². The molecule has 2 aromatic rings. The molecule has 3 rings (SSSR count). The molecule has 120 valence electrons. The molecule has 5 nitrogen and oxygen atoms in total. The molecular formula is C17H18FN3O2. The lowest BCUT2D eigenvalue weighted by Crippen LogP contribution is -2.22. The smallest absolute Gasteiger partial charge is 0.193 e. The van der Waals surface area contributed by atoms with Crippen LogP contribution in [0, 0.1) is 5.82 Å². The maximum Gasteiger partial charge on any atom is 0.193 e. The topological polar surface area (TPSA) is 68.9 Å². The van der Waals surface area contributed by atoms with Crippen LogP contribution >= 0.6 is 0 Å². The third-order valence-corrected chi connectivity index (χ3v) is 3.40. The van der Waals surface area contributed by atoms with Crippen LogP contribution < -0.4 is 20.5 Å². The summed E-state index contributed by atoms with van der Waals surface area (Å²) >= 11 is 0. The maximum atomic E-state index is 13.5. The van der Waals surface area contributed by atoms with Crippen molar-refractivity contribution in [3.63, 3.8) is 0 Å². The van der Waals surface area contributed by atoms with Crippen molar-refractivity contribution < 1.29 is 13.9 Å². The van der Waals surface area contributed by atoms with Gasteiger partial charge in [0.1, 0.15) is 5.82 Å². The van der Waals surface area contributed by atoms with Crippen LogP contribution in [0.2, 0.25) is 0 Å². The summed E-state index contributed by atoms with van der Waals surface area (Å²) in [5, 5.41) is 2.97. The second-order valence-electron chi connectivity index (χ2n) is 5.13. The van der Waals surface area contributed by atoms with Gasteiger partial charge in [-0.3, -0.25) is 0 Å². The Morgan fingerprint density at radius 1 is 1.13 bits per heavy atom. The first kappa shape index (κ1) is 15.1. The fourth-order valence-electron chi connectivity index (χ4n) is 2.23. The molecule has 0 spiro atoms. The summed E-state index contributed by atoms with van der Waals surface area (Å²) in [5.41, 5.74) is 7.09. The van der Waals surface area contributed by atoms with Crippen LogP contribution in [0.15, 0.2) is 47.5 Å². The fourth-order valence-corrected chi connectivity index (χ4v) is 2.23. The molecule has 0 aliphatic carbocycles. The number of halogens is 1. The number of aliphatic imine (C=N–C) groups is 1. The summed E-state index contributed by atoms with van der Waals surface area (Å²) in [7, 11) is 0. The second-order valence-corrected chi connectivity index (χ2v) is 5.13. The lowest BCUT2D eigenvalue weighted by Gasteiger charge is -2.10. The highest BCUT2D eigenvalue weighted by Crippen LogP contribution is 2.32. The molecule has 0 radical (unpaired) electrons. The molecule has 23 heavy (non-hydrogen) atoms. The zero-order valence-corrected chi connectivity index (χ0v) is 12.6. The van der Waals surface area contributed by atoms with E-state index < -0.39 is 0 Å². The molecule has 0 atom stereocenters. The minimum absolute atomic E-state index is 0.177. The van der Waals surface area contributed by atoms with Gasteiger partial charge in [-0.25, -0.2) is 9.38 Å². The van der Waals surface area contributed by atoms with Crippen molar-refractivity contribution in [2.45, 2.75) is 13.0 Å². The van der Waals surface area contributed by atoms with E-state index in [1.807, 2.05) is 18.2 Å². The lowest BCUT2D eigenvalue weighted by atomic mass is 10.2. The van der Waals surface area contributed by atoms with Crippen LogP contribution in [-0.2, 0) is 6.54 Å². The minimum atomic E-state index is -0.292. The average molecular weight is 315 g/mol. The van der Waals surface area contributed by atoms with Gasteiger partial charge in [-0.15, -0.1) is 0 Å². The number of ether oxygens (including phenoxy) is 2. The van der Waals surface area contributed by atoms with E-state index in [1.165, 1.54) is 6.07 Å². The Balaban J connectivity index is 1.68. The normalized spacial score (nSPS) is 14.2. The Morgan fingerprint density at radius 2 is 1.91 bits per heavy atom. The zero-order chi connectivity index (χ0) is 16.1. The Kier molecular flexibility index (Phi) is 4.61. The van der Waals surface area contributed by atoms with Crippen LogP contribution in [-0.4, -0.2) is 19.2 Å². The van der Waals surface area contributed by atoms with E-state index in [-0.39, 0.29) is 18.3 Å². The van der Waals surface area contributed by atoms with Crippen LogP contribution in [0.25, 0.3) is 0 Å². The van der Waals surface area contributed by atoms with E-state index in [0.717, 1.165) is 17.9 Å². The molecule has 3 N–H and O–H groups in total. The van der Waals surface area contributed by atoms with Gasteiger partial charge in [-0.1, -0.05) is 18.2 Å². The van der Waals surface area contributed by atoms with E-state index in [4.69, 9.17) is 15.2 Å². The number of nitrogens with zero attached hydrogens (tertiary/aromatic N) is 1. The molecule has 6 heteroatoms. The molecule has 0 fully saturated rings. The maximum absolute atomic E-state index is 13.5. The van der Waals surface area contributed by atoms with Crippen molar-refractivity contribution in [1.29, 1.82) is 0 Å². The van der Waals surface area contributed by atoms with Crippen LogP contribution in [0.1, 0.15) is 12.0 Å². The first-order valence-electron chi connectivity index (χ1n) is 7.42. The van der Waals surface area contributed by atoms with Crippen molar-refractivity contribution in [1.82, 2.24) is 0 Å². The molecule has 0 amide bonds. The van der Waals surface area contributed by atoms with Gasteiger partial charge in [0.25, 0.3) is 0 Å². The Morgan fingerprint density at radius 3 is 2.74 bits per heavy atom. The molecule has 0 bridgehead atoms. The zero-order valence-electron chi connectivity index (χ0n) is 12.6. The third-order valence-electron chi connectivity index (χ3n) is 3.40. The van der Waals surface area contributed by atoms with E-state index in [2.05, 4.69) is 10.3 Å². The largest absolute Gasteiger partial charge is 0.490 e. The molecule has 0 saturated heterocycles. The SMILES string of the molecule is NC(=NCc1ccccc1F)Nc1ccc2c(c1)OCCCO2. The third kappa shape index (κ3) is 3.91. The van der Waals surface area contributed by atoms with Crippen molar-refractivity contribution in [2.75, 3.05) is 18.5 Å². The number of rotatable bonds is 3. The molecule has 2 aromatic carbocycles. The summed E-state index contributed by atoms with van der Waals surface area (Å²) in [6, 6.07) is 12.0. The van der Waals surface area contributed by atoms with Gasteiger partial charge in [0, 0.05) is 23.7 Å². The highest BCUT2D eigenvalue weighted by atomic mass is 19.1. The number of guanidine groups is 1. The van der Waals surface area contributed by atoms with Crippen molar-refractivity contribution in [3.05, 3.63) is 53.8 Å². The highest BCUT2D eigenvalue weighted by molar-refractivity contribution is 5.92. The number of fused-ring (bicyclic) bond motifs is 1. The Labute approximate surface area is 133 Å². The fraction of sp³-hybridized carbons (Fsp3) is 0.235. The molecule has 0 saturated carbocycles. The van der Waals surface area contributed by atoms with Crippen molar-refractivity contribution in [3.8, 4) is 11.5 Å². The summed E-state index contributed by atoms with van der Waals surface area (Å²) < 4.78 is 24.7. The van der Waals surface area contributed by atoms with Crippen LogP contribution in [0.3, 0.4) is 0 Å². The van der Waals surface area contributed by atoms with Crippen molar-refractivity contribution in [2.24, 2.45) is 10.7 Å². The molecule has 0 aromatic heterocycles. The molecular weight excluding hydrogens is 297 g/mol. The molecule has 1 aliphatic rings. The Bertz CT molecular complexity index is 719. The number of anilines is 1. The molecule has 1 heterocycles. The van der Waals surface area contributed by atoms with Gasteiger partial charge in [0.05, 0.1) is 19.8 Å². The van der Waals surface area contributed by atoms with Crippen LogP contribution in [0.5, 0.6) is 11.5 Å². The van der Waals surface area contributed by atoms with Crippen LogP contribution in [0.4, 0.5) is 10.1 Å². The highest BCUT2D eigenvalue weighted by Gasteiger charge is 2.10. The minimum Gasteiger partial charge on any atom is -0.490 e. The molecule has 1 aliphatic heterocycles. The van der Waals surface area contributed by atoms with E-state index >= 15 is 0 Å². The van der Waals surface area contributed by atoms with Gasteiger partial charge >= 0.3 is 0 Å². The second kappa shape index (κ2) is 7.00. The predicted molar refractivity (Wildman–Crippen MR) is 87.4 cm³/mol. The summed E-state index contributed by atoms with van der Waals surface area (Å²) in [5.74, 6) is 1.31. The number of benzene rings is 2. The number of hydrogen-bond acceptors (Lipinski definition) is 3. The molecule has 0 unspecified atom stereocenters. The van der Waals surface area contributed by atoms with Gasteiger partial charge in [0.2, 0.25) is 0 Å². The average Bonchev–Trinajstić information content (AvgIpc) is 2.79. The lowest BCUT2D eigenvalue weighted by molar-refractivity contribution is 0.297. The van der Waals surface area contributed by atoms with Gasteiger partial charge in [-0.2, -0.15) is 0 Å². The predicted octanol–water partition coefficient (Wildman–Crippen LogP) is 2.91. The number of nitrogens with two attached hydrogens (primary N) is 1.